The molecule has 2 aromatic carbocycles. The third-order valence-corrected chi connectivity index (χ3v) is 8.47. The van der Waals surface area contributed by atoms with Crippen LogP contribution in [0.15, 0.2) is 58.3 Å². The van der Waals surface area contributed by atoms with Crippen LogP contribution < -0.4 is 10.0 Å². The predicted octanol–water partition coefficient (Wildman–Crippen LogP) is 2.72. The van der Waals surface area contributed by atoms with Crippen LogP contribution in [-0.4, -0.2) is 45.7 Å². The summed E-state index contributed by atoms with van der Waals surface area (Å²) in [5.74, 6) is -0.367. The molecule has 10 heteroatoms. The summed E-state index contributed by atoms with van der Waals surface area (Å²) in [5.41, 5.74) is 0.434. The number of hydrogen-bond acceptors (Lipinski definition) is 5. The highest BCUT2D eigenvalue weighted by Crippen LogP contribution is 2.18. The molecule has 0 radical (unpaired) electrons. The van der Waals surface area contributed by atoms with Crippen LogP contribution in [0.4, 0.5) is 0 Å². The van der Waals surface area contributed by atoms with E-state index in [-0.39, 0.29) is 28.3 Å². The molecule has 0 saturated heterocycles. The van der Waals surface area contributed by atoms with E-state index in [1.54, 1.807) is 46.8 Å². The molecule has 2 rings (SSSR count). The average Bonchev–Trinajstić information content (AvgIpc) is 2.70. The van der Waals surface area contributed by atoms with Crippen LogP contribution in [0.5, 0.6) is 0 Å². The van der Waals surface area contributed by atoms with Gasteiger partial charge in [-0.2, -0.15) is 4.31 Å². The largest absolute Gasteiger partial charge is 0.348 e. The first kappa shape index (κ1) is 26.0. The average molecular weight is 482 g/mol. The van der Waals surface area contributed by atoms with E-state index in [2.05, 4.69) is 10.0 Å². The second-order valence-corrected chi connectivity index (χ2v) is 12.5. The van der Waals surface area contributed by atoms with Crippen molar-refractivity contribution in [1.82, 2.24) is 14.3 Å². The van der Waals surface area contributed by atoms with E-state index < -0.39 is 25.6 Å². The molecule has 0 saturated carbocycles. The van der Waals surface area contributed by atoms with Crippen LogP contribution >= 0.6 is 0 Å². The maximum atomic E-state index is 12.5. The van der Waals surface area contributed by atoms with Gasteiger partial charge in [-0.25, -0.2) is 21.6 Å². The fourth-order valence-electron chi connectivity index (χ4n) is 2.75. The highest BCUT2D eigenvalue weighted by molar-refractivity contribution is 7.89. The van der Waals surface area contributed by atoms with Gasteiger partial charge in [-0.15, -0.1) is 0 Å². The van der Waals surface area contributed by atoms with E-state index in [0.29, 0.717) is 5.56 Å². The Kier molecular flexibility index (Phi) is 7.87. The van der Waals surface area contributed by atoms with Gasteiger partial charge in [0.2, 0.25) is 20.0 Å². The summed E-state index contributed by atoms with van der Waals surface area (Å²) >= 11 is 0. The van der Waals surface area contributed by atoms with Crippen molar-refractivity contribution in [2.45, 2.75) is 62.5 Å². The maximum Gasteiger partial charge on any atom is 0.251 e. The van der Waals surface area contributed by atoms with Gasteiger partial charge in [0.25, 0.3) is 5.91 Å². The standard InChI is InChI=1S/C22H31N3O5S2/c1-16(2)25(6)32(29,30)20-11-7-17(8-12-20)15-23-21(26)18-9-13-19(14-10-18)31(27,28)24-22(3,4)5/h7-14,16,24H,15H2,1-6H3,(H,23,26). The molecule has 2 aromatic rings. The second-order valence-electron chi connectivity index (χ2n) is 8.82. The van der Waals surface area contributed by atoms with Crippen molar-refractivity contribution in [3.05, 3.63) is 59.7 Å². The molecule has 0 heterocycles. The Morgan fingerprint density at radius 3 is 1.88 bits per heavy atom. The summed E-state index contributed by atoms with van der Waals surface area (Å²) in [6, 6.07) is 11.8. The Morgan fingerprint density at radius 1 is 0.906 bits per heavy atom. The number of nitrogens with one attached hydrogen (secondary N) is 2. The fourth-order valence-corrected chi connectivity index (χ4v) is 5.54. The quantitative estimate of drug-likeness (QED) is 0.602. The van der Waals surface area contributed by atoms with Gasteiger partial charge in [0.05, 0.1) is 9.79 Å². The summed E-state index contributed by atoms with van der Waals surface area (Å²) < 4.78 is 53.6. The van der Waals surface area contributed by atoms with Gasteiger partial charge >= 0.3 is 0 Å². The van der Waals surface area contributed by atoms with E-state index in [0.717, 1.165) is 5.56 Å². The molecule has 0 bridgehead atoms. The third kappa shape index (κ3) is 6.61. The molecule has 0 aliphatic rings. The molecule has 0 fully saturated rings. The summed E-state index contributed by atoms with van der Waals surface area (Å²) in [5, 5.41) is 2.75. The third-order valence-electron chi connectivity index (χ3n) is 4.65. The van der Waals surface area contributed by atoms with Crippen LogP contribution in [0.2, 0.25) is 0 Å². The molecule has 0 aliphatic heterocycles. The smallest absolute Gasteiger partial charge is 0.251 e. The summed E-state index contributed by atoms with van der Waals surface area (Å²) in [7, 11) is -5.71. The topological polar surface area (TPSA) is 113 Å². The SMILES string of the molecule is CC(C)N(C)S(=O)(=O)c1ccc(CNC(=O)c2ccc(S(=O)(=O)NC(C)(C)C)cc2)cc1. The lowest BCUT2D eigenvalue weighted by Crippen LogP contribution is -2.40. The van der Waals surface area contributed by atoms with Crippen molar-refractivity contribution in [3.63, 3.8) is 0 Å². The summed E-state index contributed by atoms with van der Waals surface area (Å²) in [6.07, 6.45) is 0. The van der Waals surface area contributed by atoms with Crippen molar-refractivity contribution in [3.8, 4) is 0 Å². The van der Waals surface area contributed by atoms with Crippen molar-refractivity contribution in [2.75, 3.05) is 7.05 Å². The molecule has 0 aromatic heterocycles. The first-order valence-electron chi connectivity index (χ1n) is 10.1. The highest BCUT2D eigenvalue weighted by atomic mass is 32.2. The number of benzene rings is 2. The number of hydrogen-bond donors (Lipinski definition) is 2. The van der Waals surface area contributed by atoms with Crippen molar-refractivity contribution in [1.29, 1.82) is 0 Å². The van der Waals surface area contributed by atoms with Crippen LogP contribution in [0.25, 0.3) is 0 Å². The Bertz CT molecular complexity index is 1150. The minimum Gasteiger partial charge on any atom is -0.348 e. The summed E-state index contributed by atoms with van der Waals surface area (Å²) in [4.78, 5) is 12.7. The zero-order chi connectivity index (χ0) is 24.3. The number of sulfonamides is 2. The molecule has 0 atom stereocenters. The van der Waals surface area contributed by atoms with E-state index >= 15 is 0 Å². The van der Waals surface area contributed by atoms with Gasteiger partial charge < -0.3 is 5.32 Å². The Balaban J connectivity index is 2.04. The molecule has 8 nitrogen and oxygen atoms in total. The van der Waals surface area contributed by atoms with E-state index in [4.69, 9.17) is 0 Å². The molecule has 176 valence electrons. The lowest BCUT2D eigenvalue weighted by molar-refractivity contribution is 0.0950. The molecular weight excluding hydrogens is 450 g/mol. The van der Waals surface area contributed by atoms with Crippen molar-refractivity contribution >= 4 is 26.0 Å². The monoisotopic (exact) mass is 481 g/mol. The Morgan fingerprint density at radius 2 is 1.41 bits per heavy atom. The number of carbonyl (C=O) groups is 1. The molecule has 1 amide bonds. The predicted molar refractivity (Wildman–Crippen MR) is 124 cm³/mol. The van der Waals surface area contributed by atoms with Gasteiger partial charge in [0, 0.05) is 30.7 Å². The normalized spacial score (nSPS) is 12.9. The molecular formula is C22H31N3O5S2. The van der Waals surface area contributed by atoms with Gasteiger partial charge in [-0.1, -0.05) is 12.1 Å². The molecule has 0 spiro atoms. The number of rotatable bonds is 8. The van der Waals surface area contributed by atoms with Crippen LogP contribution in [-0.2, 0) is 26.6 Å². The first-order valence-corrected chi connectivity index (χ1v) is 13.0. The van der Waals surface area contributed by atoms with Gasteiger partial charge in [0.15, 0.2) is 0 Å². The zero-order valence-corrected chi connectivity index (χ0v) is 20.8. The Labute approximate surface area is 191 Å². The van der Waals surface area contributed by atoms with Gasteiger partial charge in [0.1, 0.15) is 0 Å². The Hall–Kier alpha value is -2.27. The molecule has 32 heavy (non-hydrogen) atoms. The van der Waals surface area contributed by atoms with Crippen LogP contribution in [0.1, 0.15) is 50.5 Å². The first-order chi connectivity index (χ1) is 14.6. The van der Waals surface area contributed by atoms with Crippen LogP contribution in [0.3, 0.4) is 0 Å². The number of carbonyl (C=O) groups excluding carboxylic acids is 1. The lowest BCUT2D eigenvalue weighted by atomic mass is 10.1. The van der Waals surface area contributed by atoms with Gasteiger partial charge in [-0.05, 0) is 76.6 Å². The van der Waals surface area contributed by atoms with E-state index in [1.165, 1.54) is 47.8 Å². The van der Waals surface area contributed by atoms with Gasteiger partial charge in [-0.3, -0.25) is 4.79 Å². The minimum atomic E-state index is -3.68. The molecule has 2 N–H and O–H groups in total. The van der Waals surface area contributed by atoms with E-state index in [9.17, 15) is 21.6 Å². The lowest BCUT2D eigenvalue weighted by Gasteiger charge is -2.21. The zero-order valence-electron chi connectivity index (χ0n) is 19.2. The fraction of sp³-hybridized carbons (Fsp3) is 0.409. The van der Waals surface area contributed by atoms with E-state index in [1.807, 2.05) is 0 Å². The van der Waals surface area contributed by atoms with Crippen molar-refractivity contribution in [2.24, 2.45) is 0 Å². The van der Waals surface area contributed by atoms with Crippen molar-refractivity contribution < 1.29 is 21.6 Å². The highest BCUT2D eigenvalue weighted by Gasteiger charge is 2.23. The summed E-state index contributed by atoms with van der Waals surface area (Å²) in [6.45, 7) is 9.03. The molecule has 0 unspecified atom stereocenters. The van der Waals surface area contributed by atoms with Crippen LogP contribution in [0, 0.1) is 0 Å². The molecule has 0 aliphatic carbocycles. The number of nitrogens with zero attached hydrogens (tertiary/aromatic N) is 1. The number of amides is 1. The second kappa shape index (κ2) is 9.70. The maximum absolute atomic E-state index is 12.5. The minimum absolute atomic E-state index is 0.0761.